The molecule has 5 nitrogen and oxygen atoms in total. The molecule has 0 fully saturated rings. The lowest BCUT2D eigenvalue weighted by molar-refractivity contribution is 0.255. The highest BCUT2D eigenvalue weighted by Gasteiger charge is 2.09. The second kappa shape index (κ2) is 7.45. The minimum atomic E-state index is -0.198. The van der Waals surface area contributed by atoms with E-state index in [9.17, 15) is 4.79 Å². The maximum atomic E-state index is 11.3. The summed E-state index contributed by atoms with van der Waals surface area (Å²) in [5.41, 5.74) is -0.198. The zero-order chi connectivity index (χ0) is 12.7. The molecule has 1 aromatic heterocycles. The monoisotopic (exact) mass is 303 g/mol. The summed E-state index contributed by atoms with van der Waals surface area (Å²) in [4.78, 5) is 17.9. The molecule has 0 aliphatic heterocycles. The van der Waals surface area contributed by atoms with Crippen LogP contribution in [0.5, 0.6) is 0 Å². The van der Waals surface area contributed by atoms with Gasteiger partial charge in [0.05, 0.1) is 6.33 Å². The van der Waals surface area contributed by atoms with E-state index in [0.29, 0.717) is 22.8 Å². The number of aromatic nitrogens is 2. The Bertz CT molecular complexity index is 389. The minimum Gasteiger partial charge on any atom is -0.396 e. The van der Waals surface area contributed by atoms with Crippen molar-refractivity contribution in [3.63, 3.8) is 0 Å². The van der Waals surface area contributed by atoms with Crippen LogP contribution in [0.1, 0.15) is 26.2 Å². The van der Waals surface area contributed by atoms with Crippen molar-refractivity contribution in [2.75, 3.05) is 18.5 Å². The number of rotatable bonds is 7. The fourth-order valence-corrected chi connectivity index (χ4v) is 2.04. The number of anilines is 1. The fourth-order valence-electron chi connectivity index (χ4n) is 1.69. The van der Waals surface area contributed by atoms with Crippen LogP contribution in [0.2, 0.25) is 0 Å². The third-order valence-electron chi connectivity index (χ3n) is 2.59. The van der Waals surface area contributed by atoms with Crippen molar-refractivity contribution in [1.29, 1.82) is 0 Å². The van der Waals surface area contributed by atoms with Crippen LogP contribution in [0.3, 0.4) is 0 Å². The molecule has 1 unspecified atom stereocenters. The van der Waals surface area contributed by atoms with E-state index in [1.807, 2.05) is 0 Å². The van der Waals surface area contributed by atoms with Crippen LogP contribution in [0, 0.1) is 5.92 Å². The third-order valence-corrected chi connectivity index (χ3v) is 3.32. The van der Waals surface area contributed by atoms with Gasteiger partial charge in [0.25, 0.3) is 5.56 Å². The Balaban J connectivity index is 2.58. The highest BCUT2D eigenvalue weighted by atomic mass is 79.9. The number of nitrogens with zero attached hydrogens (tertiary/aromatic N) is 1. The molecule has 0 saturated heterocycles. The Morgan fingerprint density at radius 3 is 3.00 bits per heavy atom. The predicted octanol–water partition coefficient (Wildman–Crippen LogP) is 1.74. The SMILES string of the molecule is CCCC(CCO)CNc1nc[nH]c(=O)c1Br. The van der Waals surface area contributed by atoms with Gasteiger partial charge in [0, 0.05) is 13.2 Å². The number of H-pyrrole nitrogens is 1. The normalized spacial score (nSPS) is 12.4. The first-order valence-electron chi connectivity index (χ1n) is 5.77. The van der Waals surface area contributed by atoms with E-state index in [-0.39, 0.29) is 12.2 Å². The lowest BCUT2D eigenvalue weighted by atomic mass is 10.0. The number of aromatic amines is 1. The number of halogens is 1. The Kier molecular flexibility index (Phi) is 6.21. The Morgan fingerprint density at radius 1 is 1.59 bits per heavy atom. The summed E-state index contributed by atoms with van der Waals surface area (Å²) >= 11 is 3.19. The average Bonchev–Trinajstić information content (AvgIpc) is 2.31. The summed E-state index contributed by atoms with van der Waals surface area (Å²) in [5, 5.41) is 12.1. The zero-order valence-electron chi connectivity index (χ0n) is 9.87. The Labute approximate surface area is 109 Å². The van der Waals surface area contributed by atoms with Gasteiger partial charge in [-0.1, -0.05) is 13.3 Å². The molecular formula is C11H18BrN3O2. The second-order valence-corrected chi connectivity index (χ2v) is 4.74. The maximum Gasteiger partial charge on any atom is 0.267 e. The van der Waals surface area contributed by atoms with E-state index >= 15 is 0 Å². The molecule has 0 radical (unpaired) electrons. The van der Waals surface area contributed by atoms with Gasteiger partial charge in [-0.15, -0.1) is 0 Å². The molecule has 0 saturated carbocycles. The van der Waals surface area contributed by atoms with Gasteiger partial charge in [-0.3, -0.25) is 4.79 Å². The number of hydrogen-bond donors (Lipinski definition) is 3. The first-order valence-corrected chi connectivity index (χ1v) is 6.56. The van der Waals surface area contributed by atoms with Gasteiger partial charge in [-0.05, 0) is 34.7 Å². The summed E-state index contributed by atoms with van der Waals surface area (Å²) in [6.07, 6.45) is 4.27. The molecule has 1 atom stereocenters. The van der Waals surface area contributed by atoms with E-state index in [4.69, 9.17) is 5.11 Å². The van der Waals surface area contributed by atoms with Gasteiger partial charge >= 0.3 is 0 Å². The van der Waals surface area contributed by atoms with Gasteiger partial charge in [0.15, 0.2) is 0 Å². The summed E-state index contributed by atoms with van der Waals surface area (Å²) in [6, 6.07) is 0. The molecule has 0 aliphatic carbocycles. The largest absolute Gasteiger partial charge is 0.396 e. The molecule has 1 rings (SSSR count). The van der Waals surface area contributed by atoms with E-state index in [0.717, 1.165) is 19.3 Å². The van der Waals surface area contributed by atoms with E-state index in [1.54, 1.807) is 0 Å². The quantitative estimate of drug-likeness (QED) is 0.717. The highest BCUT2D eigenvalue weighted by molar-refractivity contribution is 9.10. The summed E-state index contributed by atoms with van der Waals surface area (Å²) < 4.78 is 0.416. The first kappa shape index (κ1) is 14.2. The highest BCUT2D eigenvalue weighted by Crippen LogP contribution is 2.16. The van der Waals surface area contributed by atoms with Crippen LogP contribution < -0.4 is 10.9 Å². The lowest BCUT2D eigenvalue weighted by Crippen LogP contribution is -2.19. The molecule has 1 aromatic rings. The molecule has 96 valence electrons. The van der Waals surface area contributed by atoms with Gasteiger partial charge in [-0.25, -0.2) is 4.98 Å². The summed E-state index contributed by atoms with van der Waals surface area (Å²) in [5.74, 6) is 0.950. The topological polar surface area (TPSA) is 78.0 Å². The van der Waals surface area contributed by atoms with Gasteiger partial charge in [-0.2, -0.15) is 0 Å². The van der Waals surface area contributed by atoms with Crippen molar-refractivity contribution in [1.82, 2.24) is 9.97 Å². The third kappa shape index (κ3) is 4.47. The average molecular weight is 304 g/mol. The Hall–Kier alpha value is -0.880. The summed E-state index contributed by atoms with van der Waals surface area (Å²) in [6.45, 7) is 3.02. The molecule has 0 bridgehead atoms. The van der Waals surface area contributed by atoms with Crippen molar-refractivity contribution in [3.8, 4) is 0 Å². The summed E-state index contributed by atoms with van der Waals surface area (Å²) in [7, 11) is 0. The first-order chi connectivity index (χ1) is 8.19. The van der Waals surface area contributed by atoms with Crippen molar-refractivity contribution in [3.05, 3.63) is 21.2 Å². The molecule has 0 aliphatic rings. The predicted molar refractivity (Wildman–Crippen MR) is 71.1 cm³/mol. The van der Waals surface area contributed by atoms with Gasteiger partial charge < -0.3 is 15.4 Å². The molecule has 0 spiro atoms. The number of nitrogens with one attached hydrogen (secondary N) is 2. The van der Waals surface area contributed by atoms with Crippen LogP contribution in [0.4, 0.5) is 5.82 Å². The molecule has 3 N–H and O–H groups in total. The standard InChI is InChI=1S/C11H18BrN3O2/c1-2-3-8(4-5-16)6-13-10-9(12)11(17)15-7-14-10/h7-8,16H,2-6H2,1H3,(H2,13,14,15,17). The van der Waals surface area contributed by atoms with Crippen LogP contribution in [0.25, 0.3) is 0 Å². The van der Waals surface area contributed by atoms with Gasteiger partial charge in [0.2, 0.25) is 0 Å². The fraction of sp³-hybridized carbons (Fsp3) is 0.636. The lowest BCUT2D eigenvalue weighted by Gasteiger charge is -2.16. The van der Waals surface area contributed by atoms with Crippen LogP contribution in [-0.2, 0) is 0 Å². The van der Waals surface area contributed by atoms with Crippen LogP contribution >= 0.6 is 15.9 Å². The number of aliphatic hydroxyl groups is 1. The molecule has 1 heterocycles. The Morgan fingerprint density at radius 2 is 2.35 bits per heavy atom. The molecular weight excluding hydrogens is 286 g/mol. The van der Waals surface area contributed by atoms with Crippen molar-refractivity contribution in [2.24, 2.45) is 5.92 Å². The molecule has 0 amide bonds. The maximum absolute atomic E-state index is 11.3. The number of aliphatic hydroxyl groups excluding tert-OH is 1. The van der Waals surface area contributed by atoms with E-state index in [1.165, 1.54) is 6.33 Å². The van der Waals surface area contributed by atoms with Crippen molar-refractivity contribution in [2.45, 2.75) is 26.2 Å². The zero-order valence-corrected chi connectivity index (χ0v) is 11.5. The smallest absolute Gasteiger partial charge is 0.267 e. The van der Waals surface area contributed by atoms with Gasteiger partial charge in [0.1, 0.15) is 10.3 Å². The van der Waals surface area contributed by atoms with E-state index < -0.39 is 0 Å². The van der Waals surface area contributed by atoms with Crippen molar-refractivity contribution >= 4 is 21.7 Å². The van der Waals surface area contributed by atoms with Crippen LogP contribution in [-0.4, -0.2) is 28.2 Å². The second-order valence-electron chi connectivity index (χ2n) is 3.94. The minimum absolute atomic E-state index is 0.191. The molecule has 0 aromatic carbocycles. The van der Waals surface area contributed by atoms with Crippen molar-refractivity contribution < 1.29 is 5.11 Å². The number of hydrogen-bond acceptors (Lipinski definition) is 4. The van der Waals surface area contributed by atoms with Crippen LogP contribution in [0.15, 0.2) is 15.6 Å². The van der Waals surface area contributed by atoms with E-state index in [2.05, 4.69) is 38.1 Å². The molecule has 6 heteroatoms. The molecule has 17 heavy (non-hydrogen) atoms.